The highest BCUT2D eigenvalue weighted by atomic mass is 19.1. The number of halogens is 2. The Labute approximate surface area is 208 Å². The smallest absolute Gasteiger partial charge is 0.217 e. The maximum Gasteiger partial charge on any atom is 0.217 e. The average molecular weight is 487 g/mol. The zero-order valence-corrected chi connectivity index (χ0v) is 21.6. The second kappa shape index (κ2) is 12.0. The molecule has 0 radical (unpaired) electrons. The molecule has 0 saturated carbocycles. The molecular formula is C28H40F2N4O. The van der Waals surface area contributed by atoms with Gasteiger partial charge in [0.25, 0.3) is 0 Å². The number of nitrogens with one attached hydrogen (secondary N) is 2. The quantitative estimate of drug-likeness (QED) is 0.447. The lowest BCUT2D eigenvalue weighted by Crippen LogP contribution is -2.52. The van der Waals surface area contributed by atoms with Crippen molar-refractivity contribution in [2.45, 2.75) is 78.6 Å². The molecule has 2 atom stereocenters. The fourth-order valence-corrected chi connectivity index (χ4v) is 5.05. The lowest BCUT2D eigenvalue weighted by Gasteiger charge is -2.28. The summed E-state index contributed by atoms with van der Waals surface area (Å²) in [7, 11) is 0. The molecule has 0 fully saturated rings. The Balaban J connectivity index is 1.73. The van der Waals surface area contributed by atoms with Gasteiger partial charge in [-0.1, -0.05) is 26.0 Å². The van der Waals surface area contributed by atoms with E-state index < -0.39 is 23.7 Å². The number of hydrogen-bond acceptors (Lipinski definition) is 4. The van der Waals surface area contributed by atoms with Gasteiger partial charge in [0.05, 0.1) is 0 Å². The van der Waals surface area contributed by atoms with Crippen molar-refractivity contribution >= 4 is 11.6 Å². The van der Waals surface area contributed by atoms with E-state index in [1.165, 1.54) is 41.4 Å². The SMILES string of the molecule is CC(=O)N[C@@H](Cc1cc(F)cc(F)c1)[C@H](N)CNCc1cc(CC(C)C)cc2c1N(C(C)C)CC2. The van der Waals surface area contributed by atoms with Crippen LogP contribution in [0.3, 0.4) is 0 Å². The van der Waals surface area contributed by atoms with Crippen molar-refractivity contribution in [3.8, 4) is 0 Å². The van der Waals surface area contributed by atoms with Gasteiger partial charge in [-0.2, -0.15) is 0 Å². The van der Waals surface area contributed by atoms with Gasteiger partial charge in [0.2, 0.25) is 5.91 Å². The van der Waals surface area contributed by atoms with Gasteiger partial charge in [-0.15, -0.1) is 0 Å². The van der Waals surface area contributed by atoms with E-state index >= 15 is 0 Å². The Morgan fingerprint density at radius 3 is 2.29 bits per heavy atom. The molecule has 0 spiro atoms. The largest absolute Gasteiger partial charge is 0.368 e. The molecule has 0 saturated heterocycles. The first-order chi connectivity index (χ1) is 16.5. The second-order valence-electron chi connectivity index (χ2n) is 10.5. The molecule has 1 aliphatic rings. The molecule has 3 rings (SSSR count). The number of fused-ring (bicyclic) bond motifs is 1. The number of benzene rings is 2. The molecule has 192 valence electrons. The molecule has 0 aliphatic carbocycles. The number of hydrogen-bond donors (Lipinski definition) is 3. The molecule has 35 heavy (non-hydrogen) atoms. The Hall–Kier alpha value is -2.51. The molecule has 1 heterocycles. The standard InChI is InChI=1S/C28H40F2N4O/c1-17(2)8-20-9-22-6-7-34(18(3)4)28(22)23(10-20)15-32-16-26(31)27(33-19(5)35)13-21-11-24(29)14-25(30)12-21/h9-12,14,17-18,26-27,32H,6-8,13,15-16,31H2,1-5H3,(H,33,35)/t26-,27+/m1/s1. The highest BCUT2D eigenvalue weighted by molar-refractivity contribution is 5.73. The minimum Gasteiger partial charge on any atom is -0.368 e. The van der Waals surface area contributed by atoms with Crippen LogP contribution in [-0.4, -0.2) is 37.1 Å². The molecule has 4 N–H and O–H groups in total. The van der Waals surface area contributed by atoms with Crippen LogP contribution < -0.4 is 21.3 Å². The number of carbonyl (C=O) groups is 1. The molecule has 2 aromatic rings. The van der Waals surface area contributed by atoms with Crippen LogP contribution >= 0.6 is 0 Å². The molecule has 0 aromatic heterocycles. The summed E-state index contributed by atoms with van der Waals surface area (Å²) < 4.78 is 27.3. The lowest BCUT2D eigenvalue weighted by atomic mass is 9.96. The van der Waals surface area contributed by atoms with E-state index in [1.54, 1.807) is 0 Å². The van der Waals surface area contributed by atoms with Crippen LogP contribution in [-0.2, 0) is 30.6 Å². The number of carbonyl (C=O) groups excluding carboxylic acids is 1. The molecule has 7 heteroatoms. The molecule has 0 unspecified atom stereocenters. The minimum atomic E-state index is -0.641. The van der Waals surface area contributed by atoms with Crippen molar-refractivity contribution in [3.63, 3.8) is 0 Å². The third-order valence-corrected chi connectivity index (χ3v) is 6.48. The van der Waals surface area contributed by atoms with Gasteiger partial charge < -0.3 is 21.3 Å². The number of rotatable bonds is 11. The Kier molecular flexibility index (Phi) is 9.25. The van der Waals surface area contributed by atoms with E-state index in [0.717, 1.165) is 25.5 Å². The van der Waals surface area contributed by atoms with E-state index in [2.05, 4.69) is 55.4 Å². The first kappa shape index (κ1) is 27.1. The zero-order chi connectivity index (χ0) is 25.7. The van der Waals surface area contributed by atoms with Crippen molar-refractivity contribution < 1.29 is 13.6 Å². The predicted molar refractivity (Wildman–Crippen MR) is 139 cm³/mol. The normalized spacial score (nSPS) is 15.0. The monoisotopic (exact) mass is 486 g/mol. The summed E-state index contributed by atoms with van der Waals surface area (Å²) in [6.45, 7) is 12.5. The third kappa shape index (κ3) is 7.48. The maximum absolute atomic E-state index is 13.7. The van der Waals surface area contributed by atoms with Crippen molar-refractivity contribution in [3.05, 3.63) is 64.2 Å². The summed E-state index contributed by atoms with van der Waals surface area (Å²) in [5.41, 5.74) is 12.3. The first-order valence-electron chi connectivity index (χ1n) is 12.6. The highest BCUT2D eigenvalue weighted by Crippen LogP contribution is 2.35. The maximum atomic E-state index is 13.7. The second-order valence-corrected chi connectivity index (χ2v) is 10.5. The minimum absolute atomic E-state index is 0.228. The predicted octanol–water partition coefficient (Wildman–Crippen LogP) is 4.10. The van der Waals surface area contributed by atoms with E-state index in [0.29, 0.717) is 30.6 Å². The average Bonchev–Trinajstić information content (AvgIpc) is 3.16. The number of nitrogens with zero attached hydrogens (tertiary/aromatic N) is 1. The van der Waals surface area contributed by atoms with Crippen LogP contribution in [0.1, 0.15) is 56.9 Å². The zero-order valence-electron chi connectivity index (χ0n) is 21.6. The number of amides is 1. The summed E-state index contributed by atoms with van der Waals surface area (Å²) in [5.74, 6) is -0.929. The number of anilines is 1. The molecule has 1 amide bonds. The van der Waals surface area contributed by atoms with Gasteiger partial charge in [0.15, 0.2) is 0 Å². The van der Waals surface area contributed by atoms with E-state index in [-0.39, 0.29) is 12.3 Å². The fraction of sp³-hybridized carbons (Fsp3) is 0.536. The van der Waals surface area contributed by atoms with Crippen molar-refractivity contribution in [1.29, 1.82) is 0 Å². The van der Waals surface area contributed by atoms with Crippen LogP contribution in [0.5, 0.6) is 0 Å². The first-order valence-corrected chi connectivity index (χ1v) is 12.6. The van der Waals surface area contributed by atoms with Gasteiger partial charge >= 0.3 is 0 Å². The van der Waals surface area contributed by atoms with Gasteiger partial charge in [0, 0.05) is 56.4 Å². The van der Waals surface area contributed by atoms with Crippen LogP contribution in [0.4, 0.5) is 14.5 Å². The summed E-state index contributed by atoms with van der Waals surface area (Å²) >= 11 is 0. The molecule has 1 aliphatic heterocycles. The van der Waals surface area contributed by atoms with Crippen LogP contribution in [0, 0.1) is 17.6 Å². The van der Waals surface area contributed by atoms with Gasteiger partial charge in [-0.3, -0.25) is 4.79 Å². The van der Waals surface area contributed by atoms with Crippen molar-refractivity contribution in [1.82, 2.24) is 10.6 Å². The summed E-state index contributed by atoms with van der Waals surface area (Å²) in [6.07, 6.45) is 2.34. The fourth-order valence-electron chi connectivity index (χ4n) is 5.05. The third-order valence-electron chi connectivity index (χ3n) is 6.48. The van der Waals surface area contributed by atoms with Crippen LogP contribution in [0.15, 0.2) is 30.3 Å². The number of nitrogens with two attached hydrogens (primary N) is 1. The Morgan fingerprint density at radius 2 is 1.69 bits per heavy atom. The van der Waals surface area contributed by atoms with Gasteiger partial charge in [-0.25, -0.2) is 8.78 Å². The van der Waals surface area contributed by atoms with Crippen LogP contribution in [0.25, 0.3) is 0 Å². The topological polar surface area (TPSA) is 70.4 Å². The molecule has 0 bridgehead atoms. The summed E-state index contributed by atoms with van der Waals surface area (Å²) in [5, 5.41) is 6.34. The lowest BCUT2D eigenvalue weighted by molar-refractivity contribution is -0.119. The van der Waals surface area contributed by atoms with Gasteiger partial charge in [0.1, 0.15) is 11.6 Å². The van der Waals surface area contributed by atoms with E-state index in [1.807, 2.05) is 0 Å². The van der Waals surface area contributed by atoms with Gasteiger partial charge in [-0.05, 0) is 73.4 Å². The summed E-state index contributed by atoms with van der Waals surface area (Å²) in [6, 6.07) is 7.60. The Morgan fingerprint density at radius 1 is 1.03 bits per heavy atom. The van der Waals surface area contributed by atoms with Crippen molar-refractivity contribution in [2.24, 2.45) is 11.7 Å². The molecule has 5 nitrogen and oxygen atoms in total. The molecule has 2 aromatic carbocycles. The van der Waals surface area contributed by atoms with E-state index in [9.17, 15) is 13.6 Å². The van der Waals surface area contributed by atoms with Crippen molar-refractivity contribution in [2.75, 3.05) is 18.0 Å². The highest BCUT2D eigenvalue weighted by Gasteiger charge is 2.26. The Bertz CT molecular complexity index is 1000. The van der Waals surface area contributed by atoms with E-state index in [4.69, 9.17) is 5.73 Å². The van der Waals surface area contributed by atoms with Crippen LogP contribution in [0.2, 0.25) is 0 Å². The summed E-state index contributed by atoms with van der Waals surface area (Å²) in [4.78, 5) is 14.3. The molecular weight excluding hydrogens is 446 g/mol.